The molecule has 0 bridgehead atoms. The number of aromatic nitrogens is 4. The SMILES string of the molecule is COc1cc(C(=O)SCCOP(=O)(COCCn2cnc3c(=O)[nH]c(N)nc32)OCc2ccc(C)c(F)c2)ccc1C. The summed E-state index contributed by atoms with van der Waals surface area (Å²) in [5.74, 6) is 0.345. The van der Waals surface area contributed by atoms with E-state index in [0.29, 0.717) is 22.4 Å². The number of carbonyl (C=O) groups is 1. The third-order valence-electron chi connectivity index (χ3n) is 6.13. The zero-order valence-electron chi connectivity index (χ0n) is 23.3. The summed E-state index contributed by atoms with van der Waals surface area (Å²) in [5, 5.41) is -0.195. The molecule has 2 aromatic carbocycles. The first kappa shape index (κ1) is 31.4. The van der Waals surface area contributed by atoms with Gasteiger partial charge in [-0.25, -0.2) is 9.37 Å². The van der Waals surface area contributed by atoms with E-state index in [4.69, 9.17) is 24.3 Å². The second-order valence-corrected chi connectivity index (χ2v) is 12.3. The van der Waals surface area contributed by atoms with Crippen molar-refractivity contribution < 1.29 is 32.3 Å². The van der Waals surface area contributed by atoms with Gasteiger partial charge in [0, 0.05) is 17.9 Å². The molecule has 0 fully saturated rings. The molecule has 4 aromatic rings. The van der Waals surface area contributed by atoms with Crippen LogP contribution in [0.1, 0.15) is 27.0 Å². The molecule has 1 unspecified atom stereocenters. The molecule has 1 atom stereocenters. The number of nitrogens with two attached hydrogens (primary N) is 1. The molecule has 0 aliphatic heterocycles. The molecule has 42 heavy (non-hydrogen) atoms. The third-order valence-corrected chi connectivity index (χ3v) is 8.60. The minimum absolute atomic E-state index is 0.0492. The highest BCUT2D eigenvalue weighted by Crippen LogP contribution is 2.49. The molecule has 0 spiro atoms. The molecule has 0 saturated carbocycles. The van der Waals surface area contributed by atoms with Crippen LogP contribution in [0.4, 0.5) is 10.3 Å². The van der Waals surface area contributed by atoms with Crippen LogP contribution in [-0.2, 0) is 31.5 Å². The molecule has 224 valence electrons. The van der Waals surface area contributed by atoms with Crippen molar-refractivity contribution in [3.8, 4) is 5.75 Å². The molecule has 12 nitrogen and oxygen atoms in total. The van der Waals surface area contributed by atoms with Crippen molar-refractivity contribution >= 4 is 41.6 Å². The van der Waals surface area contributed by atoms with Crippen molar-refractivity contribution in [1.82, 2.24) is 19.5 Å². The van der Waals surface area contributed by atoms with Gasteiger partial charge in [0.05, 0.1) is 33.3 Å². The van der Waals surface area contributed by atoms with E-state index in [1.165, 1.54) is 19.5 Å². The van der Waals surface area contributed by atoms with Crippen LogP contribution in [0.25, 0.3) is 11.2 Å². The summed E-state index contributed by atoms with van der Waals surface area (Å²) in [5.41, 5.74) is 7.90. The Labute approximate surface area is 245 Å². The Morgan fingerprint density at radius 1 is 1.14 bits per heavy atom. The number of H-pyrrole nitrogens is 1. The topological polar surface area (TPSA) is 161 Å². The molecule has 0 aliphatic carbocycles. The van der Waals surface area contributed by atoms with E-state index in [0.717, 1.165) is 17.3 Å². The van der Waals surface area contributed by atoms with Crippen LogP contribution < -0.4 is 16.0 Å². The molecule has 0 aliphatic rings. The predicted octanol–water partition coefficient (Wildman–Crippen LogP) is 4.44. The molecule has 4 rings (SSSR count). The first-order valence-corrected chi connectivity index (χ1v) is 15.5. The van der Waals surface area contributed by atoms with Gasteiger partial charge in [-0.15, -0.1) is 0 Å². The van der Waals surface area contributed by atoms with Crippen molar-refractivity contribution in [2.75, 3.05) is 38.2 Å². The highest BCUT2D eigenvalue weighted by Gasteiger charge is 2.26. The number of ether oxygens (including phenoxy) is 2. The number of thioether (sulfide) groups is 1. The largest absolute Gasteiger partial charge is 0.496 e. The average Bonchev–Trinajstić information content (AvgIpc) is 3.37. The number of hydrogen-bond acceptors (Lipinski definition) is 11. The highest BCUT2D eigenvalue weighted by atomic mass is 32.2. The Hall–Kier alpha value is -3.55. The minimum Gasteiger partial charge on any atom is -0.496 e. The van der Waals surface area contributed by atoms with Gasteiger partial charge in [-0.1, -0.05) is 30.0 Å². The maximum atomic E-state index is 14.0. The lowest BCUT2D eigenvalue weighted by Crippen LogP contribution is -2.13. The van der Waals surface area contributed by atoms with Crippen LogP contribution in [0.2, 0.25) is 0 Å². The van der Waals surface area contributed by atoms with Gasteiger partial charge in [0.25, 0.3) is 5.56 Å². The molecule has 3 N–H and O–H groups in total. The Balaban J connectivity index is 1.35. The molecule has 15 heteroatoms. The number of carbonyl (C=O) groups excluding carboxylic acids is 1. The van der Waals surface area contributed by atoms with E-state index in [2.05, 4.69) is 15.0 Å². The third kappa shape index (κ3) is 8.05. The van der Waals surface area contributed by atoms with Gasteiger partial charge in [0.15, 0.2) is 11.2 Å². The fraction of sp³-hybridized carbons (Fsp3) is 0.333. The van der Waals surface area contributed by atoms with E-state index < -0.39 is 25.3 Å². The number of rotatable bonds is 14. The van der Waals surface area contributed by atoms with Crippen molar-refractivity contribution in [2.45, 2.75) is 27.0 Å². The molecule has 0 amide bonds. The number of nitrogens with one attached hydrogen (secondary N) is 1. The number of nitrogen functional groups attached to an aromatic ring is 1. The van der Waals surface area contributed by atoms with Gasteiger partial charge in [-0.05, 0) is 48.7 Å². The molecular weight excluding hydrogens is 588 g/mol. The summed E-state index contributed by atoms with van der Waals surface area (Å²) < 4.78 is 51.3. The maximum absolute atomic E-state index is 14.0. The van der Waals surface area contributed by atoms with Gasteiger partial charge >= 0.3 is 7.60 Å². The van der Waals surface area contributed by atoms with Crippen LogP contribution in [0.3, 0.4) is 0 Å². The van der Waals surface area contributed by atoms with E-state index in [1.807, 2.05) is 6.92 Å². The first-order valence-electron chi connectivity index (χ1n) is 12.8. The van der Waals surface area contributed by atoms with Gasteiger partial charge in [-0.3, -0.25) is 19.1 Å². The molecular formula is C27H31FN5O7PS. The van der Waals surface area contributed by atoms with Crippen LogP contribution in [0.15, 0.2) is 47.5 Å². The van der Waals surface area contributed by atoms with Crippen molar-refractivity contribution in [3.05, 3.63) is 81.2 Å². The quantitative estimate of drug-likeness (QED) is 0.152. The maximum Gasteiger partial charge on any atom is 0.356 e. The smallest absolute Gasteiger partial charge is 0.356 e. The fourth-order valence-corrected chi connectivity index (χ4v) is 5.89. The number of hydrogen-bond donors (Lipinski definition) is 2. The number of aromatic amines is 1. The first-order chi connectivity index (χ1) is 20.1. The fourth-order valence-electron chi connectivity index (χ4n) is 3.83. The zero-order valence-corrected chi connectivity index (χ0v) is 25.0. The Kier molecular flexibility index (Phi) is 10.5. The summed E-state index contributed by atoms with van der Waals surface area (Å²) >= 11 is 1.00. The van der Waals surface area contributed by atoms with Crippen LogP contribution >= 0.6 is 19.4 Å². The summed E-state index contributed by atoms with van der Waals surface area (Å²) in [6.07, 6.45) is 1.02. The number of imidazole rings is 1. The number of fused-ring (bicyclic) bond motifs is 1. The van der Waals surface area contributed by atoms with E-state index in [1.54, 1.807) is 41.8 Å². The van der Waals surface area contributed by atoms with Crippen molar-refractivity contribution in [3.63, 3.8) is 0 Å². The number of nitrogens with zero attached hydrogens (tertiary/aromatic N) is 3. The normalized spacial score (nSPS) is 12.9. The summed E-state index contributed by atoms with van der Waals surface area (Å²) in [6.45, 7) is 3.55. The van der Waals surface area contributed by atoms with Gasteiger partial charge < -0.3 is 28.8 Å². The molecule has 2 heterocycles. The van der Waals surface area contributed by atoms with Crippen LogP contribution in [-0.4, -0.2) is 57.1 Å². The number of aryl methyl sites for hydroxylation is 2. The van der Waals surface area contributed by atoms with Gasteiger partial charge in [0.1, 0.15) is 17.9 Å². The van der Waals surface area contributed by atoms with E-state index >= 15 is 0 Å². The number of anilines is 1. The average molecular weight is 620 g/mol. The minimum atomic E-state index is -3.84. The Morgan fingerprint density at radius 2 is 1.93 bits per heavy atom. The number of halogens is 1. The summed E-state index contributed by atoms with van der Waals surface area (Å²) in [4.78, 5) is 35.1. The summed E-state index contributed by atoms with van der Waals surface area (Å²) in [7, 11) is -2.30. The van der Waals surface area contributed by atoms with E-state index in [9.17, 15) is 18.5 Å². The lowest BCUT2D eigenvalue weighted by molar-refractivity contribution is 0.108. The van der Waals surface area contributed by atoms with Crippen molar-refractivity contribution in [2.24, 2.45) is 0 Å². The molecule has 0 saturated heterocycles. The van der Waals surface area contributed by atoms with Crippen LogP contribution in [0.5, 0.6) is 5.75 Å². The van der Waals surface area contributed by atoms with Crippen LogP contribution in [0, 0.1) is 19.7 Å². The van der Waals surface area contributed by atoms with Gasteiger partial charge in [-0.2, -0.15) is 4.98 Å². The predicted molar refractivity (Wildman–Crippen MR) is 157 cm³/mol. The standard InChI is InChI=1S/C27H31FN5O7PS/c1-17-4-6-19(12-21(17)28)14-40-41(36,39-10-11-42-26(35)20-7-5-18(2)22(13-20)37-3)16-38-9-8-33-15-30-23-24(33)31-27(29)32-25(23)34/h4-7,12-13,15H,8-11,14,16H2,1-3H3,(H3,29,31,32,34). The monoisotopic (exact) mass is 619 g/mol. The zero-order chi connectivity index (χ0) is 30.3. The second kappa shape index (κ2) is 14.1. The summed E-state index contributed by atoms with van der Waals surface area (Å²) in [6, 6.07) is 9.73. The number of benzene rings is 2. The Bertz CT molecular complexity index is 1680. The lowest BCUT2D eigenvalue weighted by Gasteiger charge is -2.19. The molecule has 2 aromatic heterocycles. The van der Waals surface area contributed by atoms with Crippen molar-refractivity contribution in [1.29, 1.82) is 0 Å². The number of methoxy groups -OCH3 is 1. The molecule has 0 radical (unpaired) electrons. The second-order valence-electron chi connectivity index (χ2n) is 9.22. The van der Waals surface area contributed by atoms with E-state index in [-0.39, 0.29) is 54.3 Å². The van der Waals surface area contributed by atoms with Gasteiger partial charge in [0.2, 0.25) is 11.1 Å². The lowest BCUT2D eigenvalue weighted by atomic mass is 10.1. The Morgan fingerprint density at radius 3 is 2.69 bits per heavy atom. The highest BCUT2D eigenvalue weighted by molar-refractivity contribution is 8.14.